The molecular formula is C17H19NO2. The van der Waals surface area contributed by atoms with Crippen molar-refractivity contribution < 1.29 is 9.53 Å². The third-order valence-electron chi connectivity index (χ3n) is 4.90. The van der Waals surface area contributed by atoms with Crippen molar-refractivity contribution in [2.45, 2.75) is 38.1 Å². The molecule has 104 valence electrons. The molecule has 1 amide bonds. The maximum Gasteiger partial charge on any atom is 0.415 e. The van der Waals surface area contributed by atoms with E-state index < -0.39 is 0 Å². The fourth-order valence-corrected chi connectivity index (χ4v) is 4.00. The Bertz CT molecular complexity index is 564. The van der Waals surface area contributed by atoms with Crippen LogP contribution in [0.1, 0.15) is 37.7 Å². The van der Waals surface area contributed by atoms with E-state index in [-0.39, 0.29) is 6.09 Å². The summed E-state index contributed by atoms with van der Waals surface area (Å²) in [6.45, 7) is 0.853. The molecule has 3 nitrogen and oxygen atoms in total. The summed E-state index contributed by atoms with van der Waals surface area (Å²) >= 11 is 0. The molecule has 3 aliphatic rings. The lowest BCUT2D eigenvalue weighted by Crippen LogP contribution is -2.45. The molecule has 1 saturated carbocycles. The summed E-state index contributed by atoms with van der Waals surface area (Å²) < 4.78 is 5.69. The van der Waals surface area contributed by atoms with Gasteiger partial charge in [-0.25, -0.2) is 4.79 Å². The van der Waals surface area contributed by atoms with Crippen LogP contribution >= 0.6 is 0 Å². The van der Waals surface area contributed by atoms with Crippen molar-refractivity contribution in [1.29, 1.82) is 0 Å². The minimum absolute atomic E-state index is 0.147. The Kier molecular flexibility index (Phi) is 2.79. The van der Waals surface area contributed by atoms with Crippen molar-refractivity contribution in [3.8, 4) is 0 Å². The van der Waals surface area contributed by atoms with Crippen molar-refractivity contribution in [2.75, 3.05) is 6.54 Å². The van der Waals surface area contributed by atoms with Crippen LogP contribution in [0.15, 0.2) is 35.9 Å². The van der Waals surface area contributed by atoms with Crippen molar-refractivity contribution >= 4 is 11.9 Å². The van der Waals surface area contributed by atoms with E-state index in [9.17, 15) is 4.79 Å². The minimum Gasteiger partial charge on any atom is -0.410 e. The first-order valence-corrected chi connectivity index (χ1v) is 7.61. The average molecular weight is 269 g/mol. The molecule has 1 saturated heterocycles. The van der Waals surface area contributed by atoms with E-state index in [2.05, 4.69) is 0 Å². The molecule has 2 aliphatic heterocycles. The molecule has 1 aromatic carbocycles. The van der Waals surface area contributed by atoms with Gasteiger partial charge < -0.3 is 9.64 Å². The van der Waals surface area contributed by atoms with Gasteiger partial charge in [-0.2, -0.15) is 0 Å². The molecule has 0 bridgehead atoms. The van der Waals surface area contributed by atoms with Gasteiger partial charge in [-0.05, 0) is 37.2 Å². The predicted molar refractivity (Wildman–Crippen MR) is 76.9 cm³/mol. The van der Waals surface area contributed by atoms with Crippen molar-refractivity contribution in [2.24, 2.45) is 5.92 Å². The molecule has 1 aromatic rings. The van der Waals surface area contributed by atoms with Crippen LogP contribution in [0.2, 0.25) is 0 Å². The maximum atomic E-state index is 12.4. The molecule has 0 aromatic heterocycles. The second-order valence-corrected chi connectivity index (χ2v) is 6.02. The first-order chi connectivity index (χ1) is 9.84. The van der Waals surface area contributed by atoms with Crippen LogP contribution in [-0.4, -0.2) is 23.6 Å². The van der Waals surface area contributed by atoms with Crippen LogP contribution in [0, 0.1) is 5.92 Å². The quantitative estimate of drug-likeness (QED) is 0.775. The Hall–Kier alpha value is -1.77. The predicted octanol–water partition coefficient (Wildman–Crippen LogP) is 3.81. The molecule has 2 heterocycles. The number of amides is 1. The number of ether oxygens (including phenoxy) is 1. The smallest absolute Gasteiger partial charge is 0.410 e. The monoisotopic (exact) mass is 269 g/mol. The van der Waals surface area contributed by atoms with E-state index in [1.165, 1.54) is 24.8 Å². The minimum atomic E-state index is -0.147. The lowest BCUT2D eigenvalue weighted by Gasteiger charge is -2.36. The molecular weight excluding hydrogens is 250 g/mol. The molecule has 20 heavy (non-hydrogen) atoms. The summed E-state index contributed by atoms with van der Waals surface area (Å²) in [6.07, 6.45) is 5.72. The number of nitrogens with zero attached hydrogens (tertiary/aromatic N) is 1. The molecule has 2 fully saturated rings. The summed E-state index contributed by atoms with van der Waals surface area (Å²) in [7, 11) is 0. The molecule has 0 N–H and O–H groups in total. The Balaban J connectivity index is 1.82. The number of hydrogen-bond donors (Lipinski definition) is 0. The van der Waals surface area contributed by atoms with Gasteiger partial charge in [0.05, 0.1) is 6.04 Å². The number of hydrogen-bond acceptors (Lipinski definition) is 2. The van der Waals surface area contributed by atoms with Gasteiger partial charge in [0.1, 0.15) is 5.76 Å². The summed E-state index contributed by atoms with van der Waals surface area (Å²) in [4.78, 5) is 14.3. The Morgan fingerprint density at radius 3 is 2.80 bits per heavy atom. The van der Waals surface area contributed by atoms with Gasteiger partial charge in [-0.3, -0.25) is 0 Å². The Labute approximate surface area is 119 Å². The van der Waals surface area contributed by atoms with E-state index in [1.54, 1.807) is 0 Å². The largest absolute Gasteiger partial charge is 0.415 e. The van der Waals surface area contributed by atoms with Gasteiger partial charge in [0.25, 0.3) is 0 Å². The number of carbonyl (C=O) groups is 1. The number of benzene rings is 1. The van der Waals surface area contributed by atoms with Crippen LogP contribution < -0.4 is 0 Å². The fourth-order valence-electron chi connectivity index (χ4n) is 4.00. The number of carbonyl (C=O) groups excluding carboxylic acids is 1. The average Bonchev–Trinajstić information content (AvgIpc) is 2.77. The lowest BCUT2D eigenvalue weighted by molar-refractivity contribution is 0.113. The first kappa shape index (κ1) is 12.0. The summed E-state index contributed by atoms with van der Waals surface area (Å²) in [5.41, 5.74) is 2.39. The topological polar surface area (TPSA) is 29.5 Å². The van der Waals surface area contributed by atoms with Gasteiger partial charge in [-0.15, -0.1) is 0 Å². The zero-order valence-electron chi connectivity index (χ0n) is 11.5. The fraction of sp³-hybridized carbons (Fsp3) is 0.471. The standard InChI is InChI=1S/C17H19NO2/c19-17-18-11-5-4-6-12-9-10-14(15(12)18)16(20-17)13-7-2-1-3-8-13/h1-3,7-8,12,15H,4-6,9-11H2/t12-,15+/m0/s1. The number of rotatable bonds is 1. The van der Waals surface area contributed by atoms with Gasteiger partial charge in [0, 0.05) is 12.1 Å². The van der Waals surface area contributed by atoms with Crippen LogP contribution in [0.3, 0.4) is 0 Å². The first-order valence-electron chi connectivity index (χ1n) is 7.61. The van der Waals surface area contributed by atoms with Crippen LogP contribution in [0.5, 0.6) is 0 Å². The molecule has 4 rings (SSSR count). The second-order valence-electron chi connectivity index (χ2n) is 6.02. The van der Waals surface area contributed by atoms with E-state index >= 15 is 0 Å². The third kappa shape index (κ3) is 1.76. The van der Waals surface area contributed by atoms with E-state index in [4.69, 9.17) is 4.74 Å². The summed E-state index contributed by atoms with van der Waals surface area (Å²) in [5, 5.41) is 0. The normalized spacial score (nSPS) is 29.0. The van der Waals surface area contributed by atoms with Crippen molar-refractivity contribution in [1.82, 2.24) is 4.90 Å². The second kappa shape index (κ2) is 4.65. The van der Waals surface area contributed by atoms with Crippen molar-refractivity contribution in [3.63, 3.8) is 0 Å². The van der Waals surface area contributed by atoms with Crippen molar-refractivity contribution in [3.05, 3.63) is 41.5 Å². The Morgan fingerprint density at radius 2 is 1.95 bits per heavy atom. The van der Waals surface area contributed by atoms with Gasteiger partial charge in [-0.1, -0.05) is 36.8 Å². The van der Waals surface area contributed by atoms with E-state index in [0.717, 1.165) is 30.7 Å². The molecule has 3 heteroatoms. The lowest BCUT2D eigenvalue weighted by atomic mass is 9.94. The van der Waals surface area contributed by atoms with Gasteiger partial charge in [0.15, 0.2) is 0 Å². The highest BCUT2D eigenvalue weighted by molar-refractivity contribution is 5.82. The molecule has 1 aliphatic carbocycles. The van der Waals surface area contributed by atoms with E-state index in [1.807, 2.05) is 35.2 Å². The van der Waals surface area contributed by atoms with Crippen LogP contribution in [-0.2, 0) is 4.74 Å². The van der Waals surface area contributed by atoms with Gasteiger partial charge >= 0.3 is 6.09 Å². The number of cyclic esters (lactones) is 1. The SMILES string of the molecule is O=C1OC(c2ccccc2)=C2CC[C@@H]3CCCCN1[C@@H]23. The zero-order valence-corrected chi connectivity index (χ0v) is 11.5. The molecule has 0 unspecified atom stereocenters. The van der Waals surface area contributed by atoms with Crippen LogP contribution in [0.4, 0.5) is 4.79 Å². The highest BCUT2D eigenvalue weighted by atomic mass is 16.6. The maximum absolute atomic E-state index is 12.4. The zero-order chi connectivity index (χ0) is 13.5. The van der Waals surface area contributed by atoms with E-state index in [0.29, 0.717) is 12.0 Å². The molecule has 0 radical (unpaired) electrons. The van der Waals surface area contributed by atoms with Crippen LogP contribution in [0.25, 0.3) is 5.76 Å². The van der Waals surface area contributed by atoms with Gasteiger partial charge in [0.2, 0.25) is 0 Å². The third-order valence-corrected chi connectivity index (χ3v) is 4.90. The highest BCUT2D eigenvalue weighted by Gasteiger charge is 2.45. The molecule has 2 atom stereocenters. The summed E-state index contributed by atoms with van der Waals surface area (Å²) in [6, 6.07) is 10.4. The summed E-state index contributed by atoms with van der Waals surface area (Å²) in [5.74, 6) is 1.47. The Morgan fingerprint density at radius 1 is 1.10 bits per heavy atom. The highest BCUT2D eigenvalue weighted by Crippen LogP contribution is 2.46. The molecule has 0 spiro atoms.